The van der Waals surface area contributed by atoms with Crippen molar-refractivity contribution in [3.8, 4) is 10.6 Å². The van der Waals surface area contributed by atoms with Gasteiger partial charge in [0.25, 0.3) is 5.91 Å². The normalized spacial score (nSPS) is 10.9. The molecule has 3 N–H and O–H groups in total. The van der Waals surface area contributed by atoms with Gasteiger partial charge in [-0.15, -0.1) is 11.3 Å². The van der Waals surface area contributed by atoms with E-state index in [0.29, 0.717) is 5.69 Å². The number of nitrogens with one attached hydrogen (secondary N) is 1. The SMILES string of the molecule is Nc1onc(-c2cccs2)c1C(=O)NC(c1ccccc1)c1ccccc1. The first-order valence-electron chi connectivity index (χ1n) is 8.44. The molecule has 0 bridgehead atoms. The molecule has 2 heterocycles. The zero-order valence-electron chi connectivity index (χ0n) is 14.3. The second-order valence-corrected chi connectivity index (χ2v) is 6.92. The van der Waals surface area contributed by atoms with Crippen LogP contribution in [0.1, 0.15) is 27.5 Å². The second-order valence-electron chi connectivity index (χ2n) is 5.98. The molecular formula is C21H17N3O2S. The predicted octanol–water partition coefficient (Wildman–Crippen LogP) is 4.50. The number of hydrogen-bond donors (Lipinski definition) is 2. The van der Waals surface area contributed by atoms with Crippen LogP contribution in [0.4, 0.5) is 5.88 Å². The zero-order valence-corrected chi connectivity index (χ0v) is 15.1. The van der Waals surface area contributed by atoms with Gasteiger partial charge in [-0.3, -0.25) is 4.79 Å². The fourth-order valence-corrected chi connectivity index (χ4v) is 3.67. The maximum absolute atomic E-state index is 13.1. The Kier molecular flexibility index (Phi) is 4.72. The van der Waals surface area contributed by atoms with Crippen LogP contribution in [0.3, 0.4) is 0 Å². The molecule has 0 atom stereocenters. The molecule has 1 amide bonds. The highest BCUT2D eigenvalue weighted by molar-refractivity contribution is 7.13. The molecule has 27 heavy (non-hydrogen) atoms. The lowest BCUT2D eigenvalue weighted by molar-refractivity contribution is 0.0944. The highest BCUT2D eigenvalue weighted by Crippen LogP contribution is 2.31. The molecule has 0 aliphatic rings. The third-order valence-electron chi connectivity index (χ3n) is 4.24. The molecule has 0 saturated heterocycles. The van der Waals surface area contributed by atoms with E-state index in [1.54, 1.807) is 0 Å². The lowest BCUT2D eigenvalue weighted by atomic mass is 9.98. The average Bonchev–Trinajstić information content (AvgIpc) is 3.37. The number of carbonyl (C=O) groups is 1. The summed E-state index contributed by atoms with van der Waals surface area (Å²) in [6.45, 7) is 0. The summed E-state index contributed by atoms with van der Waals surface area (Å²) in [7, 11) is 0. The number of hydrogen-bond acceptors (Lipinski definition) is 5. The van der Waals surface area contributed by atoms with Crippen molar-refractivity contribution in [2.24, 2.45) is 0 Å². The zero-order chi connectivity index (χ0) is 18.6. The minimum Gasteiger partial charge on any atom is -0.367 e. The minimum absolute atomic E-state index is 0.00998. The molecule has 134 valence electrons. The summed E-state index contributed by atoms with van der Waals surface area (Å²) in [6.07, 6.45) is 0. The number of nitrogens with zero attached hydrogens (tertiary/aromatic N) is 1. The topological polar surface area (TPSA) is 81.2 Å². The number of nitrogens with two attached hydrogens (primary N) is 1. The van der Waals surface area contributed by atoms with Crippen LogP contribution in [-0.4, -0.2) is 11.1 Å². The average molecular weight is 375 g/mol. The molecule has 2 aromatic carbocycles. The summed E-state index contributed by atoms with van der Waals surface area (Å²) < 4.78 is 5.11. The Hall–Kier alpha value is -3.38. The van der Waals surface area contributed by atoms with Gasteiger partial charge >= 0.3 is 0 Å². The van der Waals surface area contributed by atoms with Gasteiger partial charge in [0.1, 0.15) is 11.3 Å². The van der Waals surface area contributed by atoms with E-state index >= 15 is 0 Å². The van der Waals surface area contributed by atoms with E-state index in [1.165, 1.54) is 11.3 Å². The van der Waals surface area contributed by atoms with Crippen molar-refractivity contribution in [2.75, 3.05) is 5.73 Å². The van der Waals surface area contributed by atoms with Crippen LogP contribution in [-0.2, 0) is 0 Å². The Balaban J connectivity index is 1.71. The van der Waals surface area contributed by atoms with Crippen molar-refractivity contribution < 1.29 is 9.32 Å². The molecule has 0 unspecified atom stereocenters. The van der Waals surface area contributed by atoms with Crippen LogP contribution in [0.5, 0.6) is 0 Å². The van der Waals surface area contributed by atoms with E-state index in [0.717, 1.165) is 16.0 Å². The molecule has 4 rings (SSSR count). The van der Waals surface area contributed by atoms with Gasteiger partial charge in [-0.1, -0.05) is 71.9 Å². The molecule has 2 aromatic heterocycles. The fourth-order valence-electron chi connectivity index (χ4n) is 2.96. The van der Waals surface area contributed by atoms with E-state index < -0.39 is 0 Å². The quantitative estimate of drug-likeness (QED) is 0.538. The van der Waals surface area contributed by atoms with E-state index in [1.807, 2.05) is 78.2 Å². The van der Waals surface area contributed by atoms with E-state index in [9.17, 15) is 4.79 Å². The summed E-state index contributed by atoms with van der Waals surface area (Å²) in [5.74, 6) is -0.314. The van der Waals surface area contributed by atoms with Gasteiger partial charge in [0.05, 0.1) is 10.9 Å². The Labute approximate surface area is 160 Å². The van der Waals surface area contributed by atoms with Crippen LogP contribution in [0.25, 0.3) is 10.6 Å². The van der Waals surface area contributed by atoms with E-state index in [-0.39, 0.29) is 23.4 Å². The Morgan fingerprint density at radius 2 is 1.59 bits per heavy atom. The van der Waals surface area contributed by atoms with Crippen molar-refractivity contribution in [3.05, 3.63) is 94.9 Å². The van der Waals surface area contributed by atoms with Crippen molar-refractivity contribution in [1.82, 2.24) is 10.5 Å². The largest absolute Gasteiger partial charge is 0.367 e. The van der Waals surface area contributed by atoms with Crippen LogP contribution < -0.4 is 11.1 Å². The smallest absolute Gasteiger partial charge is 0.259 e. The molecule has 0 spiro atoms. The fraction of sp³-hybridized carbons (Fsp3) is 0.0476. The number of thiophene rings is 1. The van der Waals surface area contributed by atoms with Crippen molar-refractivity contribution in [3.63, 3.8) is 0 Å². The molecule has 0 saturated carbocycles. The Morgan fingerprint density at radius 3 is 2.15 bits per heavy atom. The number of anilines is 1. The molecular weight excluding hydrogens is 358 g/mol. The number of rotatable bonds is 5. The Morgan fingerprint density at radius 1 is 0.963 bits per heavy atom. The third-order valence-corrected chi connectivity index (χ3v) is 5.12. The first kappa shape index (κ1) is 17.1. The minimum atomic E-state index is -0.324. The third kappa shape index (κ3) is 3.47. The van der Waals surface area contributed by atoms with Gasteiger partial charge in [0, 0.05) is 0 Å². The van der Waals surface area contributed by atoms with Gasteiger partial charge in [0.2, 0.25) is 5.88 Å². The van der Waals surface area contributed by atoms with Gasteiger partial charge in [-0.05, 0) is 22.6 Å². The standard InChI is InChI=1S/C21H17N3O2S/c22-20-17(19(24-26-20)16-12-7-13-27-16)21(25)23-18(14-8-3-1-4-9-14)15-10-5-2-6-11-15/h1-13,18H,22H2,(H,23,25). The first-order chi connectivity index (χ1) is 13.2. The molecule has 0 aliphatic heterocycles. The first-order valence-corrected chi connectivity index (χ1v) is 9.32. The van der Waals surface area contributed by atoms with Crippen LogP contribution in [0.15, 0.2) is 82.7 Å². The molecule has 6 heteroatoms. The van der Waals surface area contributed by atoms with Crippen LogP contribution in [0, 0.1) is 0 Å². The van der Waals surface area contributed by atoms with Gasteiger partial charge in [0.15, 0.2) is 0 Å². The number of amides is 1. The van der Waals surface area contributed by atoms with Gasteiger partial charge in [-0.25, -0.2) is 0 Å². The number of nitrogen functional groups attached to an aromatic ring is 1. The summed E-state index contributed by atoms with van der Waals surface area (Å²) in [5.41, 5.74) is 8.59. The lowest BCUT2D eigenvalue weighted by Gasteiger charge is -2.19. The van der Waals surface area contributed by atoms with Crippen molar-refractivity contribution >= 4 is 23.1 Å². The second kappa shape index (κ2) is 7.47. The van der Waals surface area contributed by atoms with Gasteiger partial charge in [-0.2, -0.15) is 0 Å². The summed E-state index contributed by atoms with van der Waals surface area (Å²) >= 11 is 1.47. The maximum Gasteiger partial charge on any atom is 0.259 e. The molecule has 0 radical (unpaired) electrons. The van der Waals surface area contributed by atoms with Crippen molar-refractivity contribution in [1.29, 1.82) is 0 Å². The summed E-state index contributed by atoms with van der Waals surface area (Å²) in [4.78, 5) is 13.9. The number of benzene rings is 2. The van der Waals surface area contributed by atoms with Crippen LogP contribution >= 0.6 is 11.3 Å². The van der Waals surface area contributed by atoms with Gasteiger partial charge < -0.3 is 15.6 Å². The molecule has 4 aromatic rings. The van der Waals surface area contributed by atoms with Crippen molar-refractivity contribution in [2.45, 2.75) is 6.04 Å². The number of aromatic nitrogens is 1. The summed E-state index contributed by atoms with van der Waals surface area (Å²) in [5, 5.41) is 8.98. The van der Waals surface area contributed by atoms with E-state index in [2.05, 4.69) is 10.5 Å². The molecule has 0 fully saturated rings. The predicted molar refractivity (Wildman–Crippen MR) is 106 cm³/mol. The highest BCUT2D eigenvalue weighted by Gasteiger charge is 2.26. The maximum atomic E-state index is 13.1. The highest BCUT2D eigenvalue weighted by atomic mass is 32.1. The molecule has 0 aliphatic carbocycles. The number of carbonyl (C=O) groups excluding carboxylic acids is 1. The van der Waals surface area contributed by atoms with Crippen LogP contribution in [0.2, 0.25) is 0 Å². The summed E-state index contributed by atoms with van der Waals surface area (Å²) in [6, 6.07) is 23.1. The lowest BCUT2D eigenvalue weighted by Crippen LogP contribution is -2.30. The monoisotopic (exact) mass is 375 g/mol. The van der Waals surface area contributed by atoms with E-state index in [4.69, 9.17) is 10.3 Å². The Bertz CT molecular complexity index is 989. The molecule has 5 nitrogen and oxygen atoms in total.